The molecule has 3 aliphatic heterocycles. The average Bonchev–Trinajstić information content (AvgIpc) is 3.46. The Kier molecular flexibility index (Phi) is 11.7. The third-order valence-electron chi connectivity index (χ3n) is 12.9. The molecule has 314 valence electrons. The molecule has 5 atom stereocenters. The summed E-state index contributed by atoms with van der Waals surface area (Å²) < 4.78 is 20.5. The van der Waals surface area contributed by atoms with Crippen molar-refractivity contribution in [2.45, 2.75) is 85.0 Å². The Balaban J connectivity index is 1.20. The first-order valence-corrected chi connectivity index (χ1v) is 21.9. The molecule has 13 heteroatoms. The maximum atomic E-state index is 14.1. The molecule has 2 saturated carbocycles. The van der Waals surface area contributed by atoms with Crippen molar-refractivity contribution in [3.8, 4) is 40.1 Å². The highest BCUT2D eigenvalue weighted by molar-refractivity contribution is 7.10. The topological polar surface area (TPSA) is 123 Å². The molecule has 3 aromatic heterocycles. The van der Waals surface area contributed by atoms with E-state index in [0.29, 0.717) is 50.5 Å². The normalized spacial score (nSPS) is 22.9. The summed E-state index contributed by atoms with van der Waals surface area (Å²) in [4.78, 5) is 39.7. The molecule has 2 bridgehead atoms. The van der Waals surface area contributed by atoms with Crippen molar-refractivity contribution in [2.75, 3.05) is 54.6 Å². The zero-order valence-electron chi connectivity index (χ0n) is 36.0. The fourth-order valence-electron chi connectivity index (χ4n) is 9.30. The third kappa shape index (κ3) is 8.27. The molecule has 4 fully saturated rings. The van der Waals surface area contributed by atoms with Crippen LogP contribution in [-0.2, 0) is 38.4 Å². The lowest BCUT2D eigenvalue weighted by Crippen LogP contribution is -2.66. The van der Waals surface area contributed by atoms with Crippen LogP contribution >= 0.6 is 11.3 Å². The zero-order chi connectivity index (χ0) is 41.7. The number of amides is 2. The number of nitrogens with one attached hydrogen (secondary N) is 2. The first-order valence-electron chi connectivity index (χ1n) is 21.1. The quantitative estimate of drug-likeness (QED) is 0.145. The van der Waals surface area contributed by atoms with E-state index in [9.17, 15) is 9.59 Å². The van der Waals surface area contributed by atoms with Crippen LogP contribution in [0.1, 0.15) is 75.4 Å². The van der Waals surface area contributed by atoms with Gasteiger partial charge in [0.05, 0.1) is 53.4 Å². The summed E-state index contributed by atoms with van der Waals surface area (Å²) in [5, 5.41) is 8.89. The molecule has 5 aliphatic rings. The summed E-state index contributed by atoms with van der Waals surface area (Å²) in [5.74, 6) is 8.50. The van der Waals surface area contributed by atoms with Gasteiger partial charge in [-0.15, -0.1) is 11.3 Å². The number of ether oxygens (including phenoxy) is 3. The third-order valence-corrected chi connectivity index (χ3v) is 13.7. The van der Waals surface area contributed by atoms with Gasteiger partial charge in [-0.05, 0) is 87.2 Å². The van der Waals surface area contributed by atoms with E-state index in [1.54, 1.807) is 19.2 Å². The van der Waals surface area contributed by atoms with Gasteiger partial charge in [-0.3, -0.25) is 24.5 Å². The van der Waals surface area contributed by atoms with Crippen LogP contribution in [0.5, 0.6) is 5.75 Å². The van der Waals surface area contributed by atoms with Crippen LogP contribution < -0.4 is 15.5 Å². The fourth-order valence-corrected chi connectivity index (χ4v) is 10.2. The SMILES string of the molecule is COCC(C)(C)Cc1c(-c2cc(C#CCN(C)C)cnc2[C@H](C)OC)n2c3c(cc(-c4csc(C[C@H](NC(=O)C5[C@@H](C)[C@H]5C)C(=O)N5NCC6CC5C6)n4)cc13)OCC2. The van der Waals surface area contributed by atoms with Gasteiger partial charge >= 0.3 is 0 Å². The minimum Gasteiger partial charge on any atom is -0.489 e. The monoisotopic (exact) mass is 821 g/mol. The van der Waals surface area contributed by atoms with Crippen LogP contribution in [0, 0.1) is 40.9 Å². The van der Waals surface area contributed by atoms with E-state index in [2.05, 4.69) is 78.4 Å². The molecule has 0 radical (unpaired) electrons. The molecule has 2 amide bonds. The number of hydrogen-bond acceptors (Lipinski definition) is 10. The zero-order valence-corrected chi connectivity index (χ0v) is 36.8. The molecule has 9 rings (SSSR count). The second-order valence-corrected chi connectivity index (χ2v) is 19.2. The number of benzene rings is 1. The number of aromatic nitrogens is 3. The number of pyridine rings is 1. The summed E-state index contributed by atoms with van der Waals surface area (Å²) >= 11 is 1.52. The van der Waals surface area contributed by atoms with Gasteiger partial charge in [0.1, 0.15) is 18.4 Å². The van der Waals surface area contributed by atoms with Gasteiger partial charge in [-0.2, -0.15) is 0 Å². The van der Waals surface area contributed by atoms with Crippen molar-refractivity contribution in [1.82, 2.24) is 35.2 Å². The van der Waals surface area contributed by atoms with Crippen molar-refractivity contribution in [1.29, 1.82) is 0 Å². The molecular formula is C46H59N7O5S. The number of rotatable bonds is 14. The van der Waals surface area contributed by atoms with Crippen molar-refractivity contribution >= 4 is 34.1 Å². The molecule has 4 aromatic rings. The summed E-state index contributed by atoms with van der Waals surface area (Å²) in [6.45, 7) is 13.9. The van der Waals surface area contributed by atoms with Crippen LogP contribution in [0.15, 0.2) is 29.8 Å². The number of hydrazine groups is 1. The van der Waals surface area contributed by atoms with Gasteiger partial charge in [-0.25, -0.2) is 10.4 Å². The fraction of sp³-hybridized carbons (Fsp3) is 0.565. The largest absolute Gasteiger partial charge is 0.489 e. The molecule has 12 nitrogen and oxygen atoms in total. The second kappa shape index (κ2) is 16.6. The van der Waals surface area contributed by atoms with E-state index in [1.165, 1.54) is 16.9 Å². The van der Waals surface area contributed by atoms with E-state index in [-0.39, 0.29) is 35.3 Å². The molecule has 1 aromatic carbocycles. The number of thiazole rings is 1. The van der Waals surface area contributed by atoms with Gasteiger partial charge in [-0.1, -0.05) is 39.5 Å². The minimum atomic E-state index is -0.704. The second-order valence-electron chi connectivity index (χ2n) is 18.2. The number of hydrogen-bond donors (Lipinski definition) is 2. The van der Waals surface area contributed by atoms with E-state index >= 15 is 0 Å². The van der Waals surface area contributed by atoms with Crippen LogP contribution in [0.3, 0.4) is 0 Å². The maximum Gasteiger partial charge on any atom is 0.259 e. The molecular weight excluding hydrogens is 763 g/mol. The van der Waals surface area contributed by atoms with Gasteiger partial charge in [0, 0.05) is 72.8 Å². The van der Waals surface area contributed by atoms with E-state index in [0.717, 1.165) is 81.2 Å². The van der Waals surface area contributed by atoms with Gasteiger partial charge in [0.2, 0.25) is 5.91 Å². The molecule has 2 aliphatic carbocycles. The van der Waals surface area contributed by atoms with Crippen LogP contribution in [0.4, 0.5) is 0 Å². The number of fused-ring (bicyclic) bond motifs is 2. The van der Waals surface area contributed by atoms with Gasteiger partial charge in [0.15, 0.2) is 0 Å². The number of methoxy groups -OCH3 is 2. The average molecular weight is 822 g/mol. The van der Waals surface area contributed by atoms with E-state index in [4.69, 9.17) is 24.2 Å². The highest BCUT2D eigenvalue weighted by Crippen LogP contribution is 2.47. The molecule has 6 heterocycles. The Morgan fingerprint density at radius 3 is 2.63 bits per heavy atom. The number of carbonyl (C=O) groups is 2. The lowest BCUT2D eigenvalue weighted by molar-refractivity contribution is -0.151. The summed E-state index contributed by atoms with van der Waals surface area (Å²) in [6.07, 6.45) is 4.67. The van der Waals surface area contributed by atoms with Crippen molar-refractivity contribution < 1.29 is 23.8 Å². The summed E-state index contributed by atoms with van der Waals surface area (Å²) in [7, 11) is 7.49. The highest BCUT2D eigenvalue weighted by Gasteiger charge is 2.50. The maximum absolute atomic E-state index is 14.1. The Morgan fingerprint density at radius 1 is 1.17 bits per heavy atom. The predicted molar refractivity (Wildman–Crippen MR) is 231 cm³/mol. The van der Waals surface area contributed by atoms with Crippen molar-refractivity contribution in [3.05, 3.63) is 51.6 Å². The predicted octanol–water partition coefficient (Wildman–Crippen LogP) is 6.11. The first kappa shape index (κ1) is 41.4. The van der Waals surface area contributed by atoms with Crippen LogP contribution in [-0.4, -0.2) is 103 Å². The Morgan fingerprint density at radius 2 is 1.95 bits per heavy atom. The molecule has 2 N–H and O–H groups in total. The van der Waals surface area contributed by atoms with E-state index < -0.39 is 6.04 Å². The Hall–Kier alpha value is -4.32. The van der Waals surface area contributed by atoms with Crippen molar-refractivity contribution in [3.63, 3.8) is 0 Å². The Labute approximate surface area is 352 Å². The highest BCUT2D eigenvalue weighted by atomic mass is 32.1. The standard InChI is InChI=1S/C46H59N7O5S/c1-26-27(2)40(26)44(54)50-36(45(55)53-32-15-30(16-32)23-48-53)20-39-49-37(24-59-39)31-18-33-35(21-46(4,5)25-56-8)42(52-13-14-58-38(19-31)43(33)52)34-17-29(11-10-12-51(6)7)22-47-41(34)28(3)57-9/h17-19,22,24,26-28,30,32,36,40,48H,12-16,20-21,23,25H2,1-9H3,(H,50,54)/t26-,27+,28-,30?,32?,36-,40?/m0/s1. The molecule has 2 saturated heterocycles. The number of carbonyl (C=O) groups excluding carboxylic acids is 2. The van der Waals surface area contributed by atoms with Gasteiger partial charge < -0.3 is 24.1 Å². The lowest BCUT2D eigenvalue weighted by Gasteiger charge is -2.49. The summed E-state index contributed by atoms with van der Waals surface area (Å²) in [6, 6.07) is 5.97. The van der Waals surface area contributed by atoms with Crippen LogP contribution in [0.25, 0.3) is 33.4 Å². The van der Waals surface area contributed by atoms with Gasteiger partial charge in [0.25, 0.3) is 5.91 Å². The Bertz CT molecular complexity index is 2290. The van der Waals surface area contributed by atoms with Crippen LogP contribution in [0.2, 0.25) is 0 Å². The first-order chi connectivity index (χ1) is 28.3. The van der Waals surface area contributed by atoms with E-state index in [1.807, 2.05) is 32.1 Å². The summed E-state index contributed by atoms with van der Waals surface area (Å²) in [5.41, 5.74) is 10.9. The lowest BCUT2D eigenvalue weighted by atomic mass is 9.78. The molecule has 1 unspecified atom stereocenters. The number of nitrogens with zero attached hydrogens (tertiary/aromatic N) is 5. The van der Waals surface area contributed by atoms with Crippen molar-refractivity contribution in [2.24, 2.45) is 29.1 Å². The molecule has 0 spiro atoms. The minimum absolute atomic E-state index is 0.0426. The molecule has 59 heavy (non-hydrogen) atoms. The smallest absolute Gasteiger partial charge is 0.259 e.